The quantitative estimate of drug-likeness (QED) is 0.442. The number of aliphatic hydroxyl groups excluding tert-OH is 1. The Kier molecular flexibility index (Phi) is 8.36. The Balaban J connectivity index is 1.48. The number of amides is 3. The standard InChI is InChI=1S/C37H45N3O6/c1-6-36-19-11-21-38(26-15-17-28(18-16-26)45-7-2)32(42)29(36)30-33(43)40(27(24-41)23-25-13-9-8-10-14-25)31-34(44)39(35(3,4)5)22-12-20-37(30,31)46-36/h8-20,27,29-31,41H,6-7,21-24H2,1-5H3/t27-,29-,30+,31?,36+,37+/m1/s1. The molecule has 4 heterocycles. The second-order valence-electron chi connectivity index (χ2n) is 13.7. The highest BCUT2D eigenvalue weighted by Crippen LogP contribution is 2.59. The van der Waals surface area contributed by atoms with E-state index in [1.54, 1.807) is 14.7 Å². The molecule has 0 aliphatic carbocycles. The molecule has 0 radical (unpaired) electrons. The smallest absolute Gasteiger partial charge is 0.249 e. The van der Waals surface area contributed by atoms with E-state index in [0.717, 1.165) is 5.56 Å². The van der Waals surface area contributed by atoms with Gasteiger partial charge in [-0.1, -0.05) is 61.6 Å². The molecule has 6 atom stereocenters. The van der Waals surface area contributed by atoms with Gasteiger partial charge in [-0.25, -0.2) is 0 Å². The van der Waals surface area contributed by atoms with Crippen molar-refractivity contribution < 1.29 is 29.0 Å². The molecule has 9 heteroatoms. The molecular weight excluding hydrogens is 582 g/mol. The molecule has 46 heavy (non-hydrogen) atoms. The van der Waals surface area contributed by atoms with Crippen LogP contribution in [-0.4, -0.2) is 87.8 Å². The number of aliphatic hydroxyl groups is 1. The van der Waals surface area contributed by atoms with Crippen LogP contribution in [0.25, 0.3) is 0 Å². The third-order valence-corrected chi connectivity index (χ3v) is 10.1. The van der Waals surface area contributed by atoms with E-state index >= 15 is 4.79 Å². The number of carbonyl (C=O) groups excluding carboxylic acids is 3. The number of benzene rings is 2. The van der Waals surface area contributed by atoms with E-state index in [1.165, 1.54) is 0 Å². The maximum absolute atomic E-state index is 15.0. The van der Waals surface area contributed by atoms with Crippen LogP contribution in [0.15, 0.2) is 78.9 Å². The minimum atomic E-state index is -1.40. The number of ether oxygens (including phenoxy) is 2. The second kappa shape index (κ2) is 12.0. The molecule has 2 aromatic carbocycles. The molecule has 4 aliphatic rings. The number of fused-ring (bicyclic) bond motifs is 2. The number of carbonyl (C=O) groups is 3. The lowest BCUT2D eigenvalue weighted by Crippen LogP contribution is -2.61. The fourth-order valence-corrected chi connectivity index (χ4v) is 7.95. The topological polar surface area (TPSA) is 99.6 Å². The third kappa shape index (κ3) is 5.04. The molecule has 2 fully saturated rings. The van der Waals surface area contributed by atoms with E-state index in [2.05, 4.69) is 0 Å². The van der Waals surface area contributed by atoms with Crippen molar-refractivity contribution in [3.05, 3.63) is 84.5 Å². The van der Waals surface area contributed by atoms with Gasteiger partial charge in [0.1, 0.15) is 17.4 Å². The summed E-state index contributed by atoms with van der Waals surface area (Å²) in [7, 11) is 0. The van der Waals surface area contributed by atoms with Crippen LogP contribution in [0.4, 0.5) is 5.69 Å². The van der Waals surface area contributed by atoms with Crippen molar-refractivity contribution in [3.63, 3.8) is 0 Å². The summed E-state index contributed by atoms with van der Waals surface area (Å²) in [5.74, 6) is -1.97. The van der Waals surface area contributed by atoms with Crippen LogP contribution in [0.5, 0.6) is 5.75 Å². The molecule has 0 saturated carbocycles. The van der Waals surface area contributed by atoms with Crippen molar-refractivity contribution >= 4 is 23.4 Å². The van der Waals surface area contributed by atoms with Crippen LogP contribution in [-0.2, 0) is 25.5 Å². The van der Waals surface area contributed by atoms with Gasteiger partial charge >= 0.3 is 0 Å². The SMILES string of the molecule is CCOc1ccc(N2CC=C[C@]3(CC)O[C@]45C=CCN(C(C)(C)C)C(=O)C4N([C@@H](CO)Cc4ccccc4)C(=O)[C@@H]5[C@@H]3C2=O)cc1. The van der Waals surface area contributed by atoms with Crippen molar-refractivity contribution in [2.75, 3.05) is 31.2 Å². The number of rotatable bonds is 8. The molecule has 1 spiro atoms. The van der Waals surface area contributed by atoms with Gasteiger partial charge in [-0.3, -0.25) is 14.4 Å². The van der Waals surface area contributed by atoms with Crippen LogP contribution in [0.3, 0.4) is 0 Å². The maximum atomic E-state index is 15.0. The Bertz CT molecular complexity index is 1530. The molecule has 2 aromatic rings. The van der Waals surface area contributed by atoms with Crippen molar-refractivity contribution in [1.82, 2.24) is 9.80 Å². The summed E-state index contributed by atoms with van der Waals surface area (Å²) in [5.41, 5.74) is -1.42. The summed E-state index contributed by atoms with van der Waals surface area (Å²) in [6, 6.07) is 15.3. The van der Waals surface area contributed by atoms with Crippen molar-refractivity contribution in [3.8, 4) is 5.75 Å². The summed E-state index contributed by atoms with van der Waals surface area (Å²) < 4.78 is 12.7. The molecule has 244 valence electrons. The van der Waals surface area contributed by atoms with Crippen LogP contribution in [0, 0.1) is 11.8 Å². The van der Waals surface area contributed by atoms with Gasteiger partial charge in [0, 0.05) is 24.3 Å². The minimum absolute atomic E-state index is 0.229. The zero-order valence-corrected chi connectivity index (χ0v) is 27.4. The van der Waals surface area contributed by atoms with Gasteiger partial charge in [0.15, 0.2) is 0 Å². The molecule has 0 aromatic heterocycles. The zero-order chi connectivity index (χ0) is 32.9. The zero-order valence-electron chi connectivity index (χ0n) is 27.4. The monoisotopic (exact) mass is 627 g/mol. The predicted octanol–water partition coefficient (Wildman–Crippen LogP) is 4.15. The maximum Gasteiger partial charge on any atom is 0.249 e. The van der Waals surface area contributed by atoms with Crippen LogP contribution < -0.4 is 9.64 Å². The first kappa shape index (κ1) is 32.0. The van der Waals surface area contributed by atoms with Gasteiger partial charge in [-0.2, -0.15) is 0 Å². The Morgan fingerprint density at radius 2 is 1.61 bits per heavy atom. The van der Waals surface area contributed by atoms with Gasteiger partial charge in [0.25, 0.3) is 0 Å². The lowest BCUT2D eigenvalue weighted by molar-refractivity contribution is -0.158. The lowest BCUT2D eigenvalue weighted by atomic mass is 9.73. The Morgan fingerprint density at radius 3 is 2.24 bits per heavy atom. The lowest BCUT2D eigenvalue weighted by Gasteiger charge is -2.43. The minimum Gasteiger partial charge on any atom is -0.494 e. The second-order valence-corrected chi connectivity index (χ2v) is 13.7. The molecule has 0 bridgehead atoms. The number of anilines is 1. The van der Waals surface area contributed by atoms with E-state index < -0.39 is 40.7 Å². The average Bonchev–Trinajstić information content (AvgIpc) is 3.33. The number of hydrogen-bond acceptors (Lipinski definition) is 6. The largest absolute Gasteiger partial charge is 0.494 e. The highest BCUT2D eigenvalue weighted by atomic mass is 16.5. The summed E-state index contributed by atoms with van der Waals surface area (Å²) in [6.45, 7) is 10.6. The Labute approximate surface area is 271 Å². The predicted molar refractivity (Wildman–Crippen MR) is 175 cm³/mol. The van der Waals surface area contributed by atoms with Crippen molar-refractivity contribution in [2.45, 2.75) is 76.3 Å². The number of hydrogen-bond donors (Lipinski definition) is 1. The van der Waals surface area contributed by atoms with Crippen LogP contribution in [0.1, 0.15) is 46.6 Å². The van der Waals surface area contributed by atoms with E-state index in [9.17, 15) is 14.7 Å². The Morgan fingerprint density at radius 1 is 0.913 bits per heavy atom. The van der Waals surface area contributed by atoms with E-state index in [4.69, 9.17) is 9.47 Å². The van der Waals surface area contributed by atoms with Gasteiger partial charge in [0.2, 0.25) is 17.7 Å². The molecule has 1 unspecified atom stereocenters. The van der Waals surface area contributed by atoms with Gasteiger partial charge in [-0.05, 0) is 70.4 Å². The van der Waals surface area contributed by atoms with Crippen molar-refractivity contribution in [1.29, 1.82) is 0 Å². The Hall–Kier alpha value is -3.95. The fourth-order valence-electron chi connectivity index (χ4n) is 7.95. The molecule has 3 amide bonds. The first-order valence-electron chi connectivity index (χ1n) is 16.4. The molecule has 6 rings (SSSR count). The van der Waals surface area contributed by atoms with Crippen LogP contribution in [0.2, 0.25) is 0 Å². The van der Waals surface area contributed by atoms with Gasteiger partial charge in [-0.15, -0.1) is 0 Å². The van der Waals surface area contributed by atoms with Crippen LogP contribution >= 0.6 is 0 Å². The first-order valence-corrected chi connectivity index (χ1v) is 16.4. The highest BCUT2D eigenvalue weighted by Gasteiger charge is 2.76. The summed E-state index contributed by atoms with van der Waals surface area (Å²) in [6.07, 6.45) is 8.44. The average molecular weight is 628 g/mol. The number of likely N-dealkylation sites (tertiary alicyclic amines) is 1. The normalized spacial score (nSPS) is 29.7. The first-order chi connectivity index (χ1) is 22.0. The summed E-state index contributed by atoms with van der Waals surface area (Å²) in [4.78, 5) is 49.6. The van der Waals surface area contributed by atoms with E-state index in [0.29, 0.717) is 44.0 Å². The van der Waals surface area contributed by atoms with Crippen molar-refractivity contribution in [2.24, 2.45) is 11.8 Å². The van der Waals surface area contributed by atoms with Gasteiger partial charge in [0.05, 0.1) is 36.7 Å². The van der Waals surface area contributed by atoms with E-state index in [1.807, 2.05) is 114 Å². The molecule has 4 aliphatic heterocycles. The third-order valence-electron chi connectivity index (χ3n) is 10.1. The molecule has 9 nitrogen and oxygen atoms in total. The van der Waals surface area contributed by atoms with Gasteiger partial charge < -0.3 is 29.3 Å². The highest BCUT2D eigenvalue weighted by molar-refractivity contribution is 6.04. The summed E-state index contributed by atoms with van der Waals surface area (Å²) in [5, 5.41) is 10.8. The molecule has 1 N–H and O–H groups in total. The number of nitrogens with zero attached hydrogens (tertiary/aromatic N) is 3. The molecular formula is C37H45N3O6. The fraction of sp³-hybridized carbons (Fsp3) is 0.486. The summed E-state index contributed by atoms with van der Waals surface area (Å²) >= 11 is 0. The molecule has 2 saturated heterocycles. The van der Waals surface area contributed by atoms with E-state index in [-0.39, 0.29) is 24.3 Å².